The lowest BCUT2D eigenvalue weighted by Gasteiger charge is -2.39. The van der Waals surface area contributed by atoms with Gasteiger partial charge in [-0.1, -0.05) is 6.92 Å². The Balaban J connectivity index is 1.47. The number of hydrogen-bond acceptors (Lipinski definition) is 4. The van der Waals surface area contributed by atoms with E-state index in [1.165, 1.54) is 0 Å². The van der Waals surface area contributed by atoms with Crippen molar-refractivity contribution < 1.29 is 9.53 Å². The fraction of sp³-hybridized carbons (Fsp3) is 0.682. The Bertz CT molecular complexity index is 836. The lowest BCUT2D eigenvalue weighted by molar-refractivity contribution is -0.146. The summed E-state index contributed by atoms with van der Waals surface area (Å²) in [5.41, 5.74) is 1.78. The molecule has 2 aromatic heterocycles. The van der Waals surface area contributed by atoms with Gasteiger partial charge >= 0.3 is 0 Å². The molecule has 4 rings (SSSR count). The van der Waals surface area contributed by atoms with Gasteiger partial charge in [-0.15, -0.1) is 0 Å². The Morgan fingerprint density at radius 2 is 2.07 bits per heavy atom. The van der Waals surface area contributed by atoms with Crippen LogP contribution in [-0.2, 0) is 16.0 Å². The van der Waals surface area contributed by atoms with Crippen LogP contribution >= 0.6 is 0 Å². The van der Waals surface area contributed by atoms with E-state index in [1.54, 1.807) is 0 Å². The van der Waals surface area contributed by atoms with Crippen molar-refractivity contribution in [2.45, 2.75) is 70.9 Å². The van der Waals surface area contributed by atoms with Crippen molar-refractivity contribution in [3.63, 3.8) is 0 Å². The number of likely N-dealkylation sites (tertiary alicyclic amines) is 1. The number of rotatable bonds is 4. The molecular formula is C22H32N4O2. The summed E-state index contributed by atoms with van der Waals surface area (Å²) < 4.78 is 8.13. The van der Waals surface area contributed by atoms with Gasteiger partial charge in [0.15, 0.2) is 5.65 Å². The molecule has 1 amide bonds. The molecule has 0 unspecified atom stereocenters. The van der Waals surface area contributed by atoms with Crippen LogP contribution in [0.15, 0.2) is 18.3 Å². The molecule has 2 aromatic rings. The maximum Gasteiger partial charge on any atom is 0.225 e. The number of piperidine rings is 1. The van der Waals surface area contributed by atoms with Crippen molar-refractivity contribution in [2.75, 3.05) is 19.7 Å². The topological polar surface area (TPSA) is 60.2 Å². The number of carbonyl (C=O) groups is 1. The van der Waals surface area contributed by atoms with Gasteiger partial charge in [0.2, 0.25) is 5.91 Å². The third-order valence-electron chi connectivity index (χ3n) is 6.18. The fourth-order valence-corrected chi connectivity index (χ4v) is 4.81. The minimum atomic E-state index is -0.187. The van der Waals surface area contributed by atoms with Gasteiger partial charge in [-0.25, -0.2) is 9.97 Å². The van der Waals surface area contributed by atoms with Crippen LogP contribution in [0.25, 0.3) is 11.2 Å². The first-order valence-electron chi connectivity index (χ1n) is 10.7. The van der Waals surface area contributed by atoms with Crippen LogP contribution in [0.5, 0.6) is 0 Å². The minimum Gasteiger partial charge on any atom is -0.376 e. The summed E-state index contributed by atoms with van der Waals surface area (Å²) in [7, 11) is 0. The van der Waals surface area contributed by atoms with Gasteiger partial charge in [-0.2, -0.15) is 0 Å². The van der Waals surface area contributed by atoms with Gasteiger partial charge < -0.3 is 14.2 Å². The molecule has 2 fully saturated rings. The molecule has 0 N–H and O–H groups in total. The maximum absolute atomic E-state index is 13.1. The van der Waals surface area contributed by atoms with Gasteiger partial charge in [-0.3, -0.25) is 4.79 Å². The quantitative estimate of drug-likeness (QED) is 0.805. The second-order valence-electron chi connectivity index (χ2n) is 8.85. The number of aryl methyl sites for hydroxylation is 1. The minimum absolute atomic E-state index is 0.103. The van der Waals surface area contributed by atoms with Crippen molar-refractivity contribution in [1.82, 2.24) is 19.4 Å². The van der Waals surface area contributed by atoms with E-state index < -0.39 is 0 Å². The highest BCUT2D eigenvalue weighted by Crippen LogP contribution is 2.33. The molecule has 0 bridgehead atoms. The van der Waals surface area contributed by atoms with Crippen molar-refractivity contribution in [3.05, 3.63) is 24.2 Å². The van der Waals surface area contributed by atoms with Crippen LogP contribution in [0.1, 0.15) is 64.7 Å². The molecule has 0 spiro atoms. The highest BCUT2D eigenvalue weighted by atomic mass is 16.5. The van der Waals surface area contributed by atoms with Gasteiger partial charge in [0, 0.05) is 44.3 Å². The second-order valence-corrected chi connectivity index (χ2v) is 8.85. The predicted octanol–water partition coefficient (Wildman–Crippen LogP) is 3.75. The van der Waals surface area contributed by atoms with Gasteiger partial charge in [0.25, 0.3) is 0 Å². The SMILES string of the molecule is CCCc1nc2cccnc2n1C1CCN(C(=O)[C@H]2CCOC(C)(C)C2)CC1. The molecule has 6 heteroatoms. The first-order valence-corrected chi connectivity index (χ1v) is 10.7. The number of pyridine rings is 1. The van der Waals surface area contributed by atoms with Gasteiger partial charge in [0.05, 0.1) is 5.60 Å². The van der Waals surface area contributed by atoms with Crippen LogP contribution in [0.3, 0.4) is 0 Å². The Morgan fingerprint density at radius 1 is 1.29 bits per heavy atom. The molecule has 28 heavy (non-hydrogen) atoms. The molecular weight excluding hydrogens is 352 g/mol. The molecule has 2 saturated heterocycles. The normalized spacial score (nSPS) is 23.2. The van der Waals surface area contributed by atoms with E-state index in [-0.39, 0.29) is 11.5 Å². The smallest absolute Gasteiger partial charge is 0.225 e. The monoisotopic (exact) mass is 384 g/mol. The van der Waals surface area contributed by atoms with E-state index >= 15 is 0 Å². The number of nitrogens with zero attached hydrogens (tertiary/aromatic N) is 4. The first kappa shape index (κ1) is 19.4. The predicted molar refractivity (Wildman–Crippen MR) is 109 cm³/mol. The standard InChI is InChI=1S/C22H32N4O2/c1-4-6-19-24-18-7-5-11-23-20(18)26(19)17-8-12-25(13-9-17)21(27)16-10-14-28-22(2,3)15-16/h5,7,11,16-17H,4,6,8-10,12-15H2,1-3H3/t16-/m0/s1. The molecule has 0 radical (unpaired) electrons. The molecule has 0 saturated carbocycles. The summed E-state index contributed by atoms with van der Waals surface area (Å²) in [6, 6.07) is 4.37. The van der Waals surface area contributed by atoms with Crippen molar-refractivity contribution in [3.8, 4) is 0 Å². The molecule has 1 atom stereocenters. The number of aromatic nitrogens is 3. The number of imidazole rings is 1. The van der Waals surface area contributed by atoms with Crippen LogP contribution in [0, 0.1) is 5.92 Å². The molecule has 6 nitrogen and oxygen atoms in total. The van der Waals surface area contributed by atoms with Gasteiger partial charge in [0.1, 0.15) is 11.3 Å². The highest BCUT2D eigenvalue weighted by molar-refractivity contribution is 5.79. The summed E-state index contributed by atoms with van der Waals surface area (Å²) >= 11 is 0. The zero-order chi connectivity index (χ0) is 19.7. The zero-order valence-corrected chi connectivity index (χ0v) is 17.4. The molecule has 2 aliphatic heterocycles. The highest BCUT2D eigenvalue weighted by Gasteiger charge is 2.36. The van der Waals surface area contributed by atoms with E-state index in [0.717, 1.165) is 68.6 Å². The van der Waals surface area contributed by atoms with E-state index in [4.69, 9.17) is 9.72 Å². The summed E-state index contributed by atoms with van der Waals surface area (Å²) in [5, 5.41) is 0. The Labute approximate surface area is 167 Å². The van der Waals surface area contributed by atoms with E-state index in [2.05, 4.69) is 35.2 Å². The third-order valence-corrected chi connectivity index (χ3v) is 6.18. The number of amides is 1. The molecule has 0 aliphatic carbocycles. The van der Waals surface area contributed by atoms with Gasteiger partial charge in [-0.05, 0) is 58.1 Å². The zero-order valence-electron chi connectivity index (χ0n) is 17.4. The van der Waals surface area contributed by atoms with Crippen LogP contribution in [0.4, 0.5) is 0 Å². The summed E-state index contributed by atoms with van der Waals surface area (Å²) in [4.78, 5) is 24.6. The van der Waals surface area contributed by atoms with Crippen molar-refractivity contribution >= 4 is 17.1 Å². The molecule has 4 heterocycles. The molecule has 0 aromatic carbocycles. The number of carbonyl (C=O) groups excluding carboxylic acids is 1. The lowest BCUT2D eigenvalue weighted by Crippen LogP contribution is -2.46. The van der Waals surface area contributed by atoms with E-state index in [9.17, 15) is 4.79 Å². The average molecular weight is 385 g/mol. The van der Waals surface area contributed by atoms with Crippen LogP contribution < -0.4 is 0 Å². The van der Waals surface area contributed by atoms with Crippen molar-refractivity contribution in [1.29, 1.82) is 0 Å². The molecule has 152 valence electrons. The average Bonchev–Trinajstić information content (AvgIpc) is 3.05. The Hall–Kier alpha value is -1.95. The maximum atomic E-state index is 13.1. The summed E-state index contributed by atoms with van der Waals surface area (Å²) in [5.74, 6) is 1.55. The van der Waals surface area contributed by atoms with Crippen LogP contribution in [-0.4, -0.2) is 50.6 Å². The van der Waals surface area contributed by atoms with E-state index in [0.29, 0.717) is 18.6 Å². The Kier molecular flexibility index (Phi) is 5.41. The first-order chi connectivity index (χ1) is 13.5. The number of hydrogen-bond donors (Lipinski definition) is 0. The fourth-order valence-electron chi connectivity index (χ4n) is 4.81. The van der Waals surface area contributed by atoms with E-state index in [1.807, 2.05) is 18.3 Å². The van der Waals surface area contributed by atoms with Crippen LogP contribution in [0.2, 0.25) is 0 Å². The van der Waals surface area contributed by atoms with Crippen molar-refractivity contribution in [2.24, 2.45) is 5.92 Å². The lowest BCUT2D eigenvalue weighted by atomic mass is 9.87. The largest absolute Gasteiger partial charge is 0.376 e. The second kappa shape index (κ2) is 7.82. The number of ether oxygens (including phenoxy) is 1. The third kappa shape index (κ3) is 3.79. The number of fused-ring (bicyclic) bond motifs is 1. The molecule has 2 aliphatic rings. The Morgan fingerprint density at radius 3 is 2.79 bits per heavy atom. The summed E-state index contributed by atoms with van der Waals surface area (Å²) in [6.07, 6.45) is 7.49. The summed E-state index contributed by atoms with van der Waals surface area (Å²) in [6.45, 7) is 8.69.